The van der Waals surface area contributed by atoms with Crippen LogP contribution in [0.1, 0.15) is 13.3 Å². The summed E-state index contributed by atoms with van der Waals surface area (Å²) in [5.74, 6) is -1.81. The van der Waals surface area contributed by atoms with Crippen molar-refractivity contribution in [3.8, 4) is 0 Å². The quantitative estimate of drug-likeness (QED) is 0.454. The third-order valence-corrected chi connectivity index (χ3v) is 2.44. The number of hydrogen-bond donors (Lipinski definition) is 3. The first kappa shape index (κ1) is 11.7. The van der Waals surface area contributed by atoms with E-state index in [4.69, 9.17) is 9.66 Å². The van der Waals surface area contributed by atoms with Gasteiger partial charge in [-0.3, -0.25) is 9.35 Å². The molecule has 12 heavy (non-hydrogen) atoms. The van der Waals surface area contributed by atoms with Gasteiger partial charge >= 0.3 is 5.97 Å². The molecule has 0 spiro atoms. The zero-order chi connectivity index (χ0) is 9.99. The SMILES string of the molecule is CC(S)(CCS(=O)(=O)O)C(=O)O. The van der Waals surface area contributed by atoms with E-state index in [-0.39, 0.29) is 6.42 Å². The average Bonchev–Trinajstić information content (AvgIpc) is 1.82. The summed E-state index contributed by atoms with van der Waals surface area (Å²) >= 11 is 3.72. The van der Waals surface area contributed by atoms with Crippen LogP contribution < -0.4 is 0 Å². The topological polar surface area (TPSA) is 91.7 Å². The summed E-state index contributed by atoms with van der Waals surface area (Å²) in [7, 11) is -4.10. The third-order valence-electron chi connectivity index (χ3n) is 1.31. The van der Waals surface area contributed by atoms with Gasteiger partial charge in [-0.15, -0.1) is 0 Å². The van der Waals surface area contributed by atoms with Gasteiger partial charge < -0.3 is 5.11 Å². The molecule has 72 valence electrons. The van der Waals surface area contributed by atoms with Crippen LogP contribution in [-0.4, -0.2) is 34.5 Å². The van der Waals surface area contributed by atoms with Crippen molar-refractivity contribution in [3.05, 3.63) is 0 Å². The molecule has 0 bridgehead atoms. The maximum atomic E-state index is 10.4. The van der Waals surface area contributed by atoms with E-state index in [1.807, 2.05) is 0 Å². The summed E-state index contributed by atoms with van der Waals surface area (Å²) in [6.07, 6.45) is -0.232. The van der Waals surface area contributed by atoms with Crippen LogP contribution in [-0.2, 0) is 14.9 Å². The van der Waals surface area contributed by atoms with Gasteiger partial charge in [-0.2, -0.15) is 21.0 Å². The number of carbonyl (C=O) groups is 1. The molecule has 0 aromatic heterocycles. The lowest BCUT2D eigenvalue weighted by Crippen LogP contribution is -2.31. The Morgan fingerprint density at radius 3 is 2.25 bits per heavy atom. The summed E-state index contributed by atoms with van der Waals surface area (Å²) in [5.41, 5.74) is 0. The lowest BCUT2D eigenvalue weighted by molar-refractivity contribution is -0.139. The molecule has 2 N–H and O–H groups in total. The highest BCUT2D eigenvalue weighted by Gasteiger charge is 2.29. The van der Waals surface area contributed by atoms with Crippen molar-refractivity contribution >= 4 is 28.7 Å². The van der Waals surface area contributed by atoms with Crippen molar-refractivity contribution in [1.82, 2.24) is 0 Å². The molecule has 1 atom stereocenters. The predicted molar refractivity (Wildman–Crippen MR) is 46.1 cm³/mol. The molecule has 0 radical (unpaired) electrons. The van der Waals surface area contributed by atoms with Crippen LogP contribution in [0, 0.1) is 0 Å². The Kier molecular flexibility index (Phi) is 3.55. The van der Waals surface area contributed by atoms with E-state index in [9.17, 15) is 13.2 Å². The van der Waals surface area contributed by atoms with Crippen LogP contribution >= 0.6 is 12.6 Å². The molecule has 1 unspecified atom stereocenters. The Hall–Kier alpha value is -0.270. The second-order valence-corrected chi connectivity index (χ2v) is 5.17. The van der Waals surface area contributed by atoms with E-state index >= 15 is 0 Å². The highest BCUT2D eigenvalue weighted by atomic mass is 32.2. The Bertz CT molecular complexity index is 266. The molecule has 7 heteroatoms. The number of hydrogen-bond acceptors (Lipinski definition) is 4. The summed E-state index contributed by atoms with van der Waals surface area (Å²) in [6, 6.07) is 0. The minimum absolute atomic E-state index is 0.232. The first-order valence-electron chi connectivity index (χ1n) is 3.06. The highest BCUT2D eigenvalue weighted by molar-refractivity contribution is 7.86. The van der Waals surface area contributed by atoms with E-state index in [2.05, 4.69) is 12.6 Å². The zero-order valence-corrected chi connectivity index (χ0v) is 8.10. The third kappa shape index (κ3) is 4.58. The van der Waals surface area contributed by atoms with Crippen LogP contribution in [0.2, 0.25) is 0 Å². The fourth-order valence-corrected chi connectivity index (χ4v) is 1.36. The van der Waals surface area contributed by atoms with Gasteiger partial charge in [0.2, 0.25) is 0 Å². The van der Waals surface area contributed by atoms with E-state index in [0.29, 0.717) is 0 Å². The van der Waals surface area contributed by atoms with Crippen LogP contribution in [0.25, 0.3) is 0 Å². The molecule has 0 saturated heterocycles. The standard InChI is InChI=1S/C5H10O5S2/c1-5(11,4(6)7)2-3-12(8,9)10/h11H,2-3H2,1H3,(H,6,7)(H,8,9,10). The maximum Gasteiger partial charge on any atom is 0.319 e. The molecule has 0 saturated carbocycles. The van der Waals surface area contributed by atoms with Crippen molar-refractivity contribution in [1.29, 1.82) is 0 Å². The van der Waals surface area contributed by atoms with Crippen molar-refractivity contribution in [2.75, 3.05) is 5.75 Å². The molecular weight excluding hydrogens is 204 g/mol. The minimum atomic E-state index is -4.10. The summed E-state index contributed by atoms with van der Waals surface area (Å²) in [6.45, 7) is 1.27. The lowest BCUT2D eigenvalue weighted by Gasteiger charge is -2.16. The molecule has 5 nitrogen and oxygen atoms in total. The number of carboxylic acid groups (broad SMARTS) is 1. The minimum Gasteiger partial charge on any atom is -0.480 e. The number of carboxylic acids is 1. The second kappa shape index (κ2) is 3.63. The van der Waals surface area contributed by atoms with Crippen LogP contribution in [0.3, 0.4) is 0 Å². The molecule has 0 aliphatic heterocycles. The molecule has 0 heterocycles. The summed E-state index contributed by atoms with van der Waals surface area (Å²) in [5, 5.41) is 8.49. The van der Waals surface area contributed by atoms with Gasteiger partial charge in [0.05, 0.1) is 5.75 Å². The summed E-state index contributed by atoms with van der Waals surface area (Å²) < 4.78 is 27.3. The van der Waals surface area contributed by atoms with Gasteiger partial charge in [-0.1, -0.05) is 0 Å². The fraction of sp³-hybridized carbons (Fsp3) is 0.800. The van der Waals surface area contributed by atoms with Crippen LogP contribution in [0.15, 0.2) is 0 Å². The number of rotatable bonds is 4. The van der Waals surface area contributed by atoms with Gasteiger partial charge in [0.1, 0.15) is 4.75 Å². The molecule has 0 amide bonds. The fourth-order valence-electron chi connectivity index (χ4n) is 0.435. The van der Waals surface area contributed by atoms with E-state index in [1.54, 1.807) is 0 Å². The Morgan fingerprint density at radius 1 is 1.58 bits per heavy atom. The van der Waals surface area contributed by atoms with Gasteiger partial charge in [0.15, 0.2) is 0 Å². The molecule has 0 fully saturated rings. The van der Waals surface area contributed by atoms with Gasteiger partial charge in [0.25, 0.3) is 10.1 Å². The van der Waals surface area contributed by atoms with Crippen molar-refractivity contribution < 1.29 is 22.9 Å². The number of aliphatic carboxylic acids is 1. The van der Waals surface area contributed by atoms with Crippen LogP contribution in [0.5, 0.6) is 0 Å². The van der Waals surface area contributed by atoms with Crippen molar-refractivity contribution in [3.63, 3.8) is 0 Å². The summed E-state index contributed by atoms with van der Waals surface area (Å²) in [4.78, 5) is 10.4. The highest BCUT2D eigenvalue weighted by Crippen LogP contribution is 2.19. The number of thiol groups is 1. The molecule has 0 aliphatic carbocycles. The Labute approximate surface area is 75.9 Å². The monoisotopic (exact) mass is 214 g/mol. The van der Waals surface area contributed by atoms with Gasteiger partial charge in [-0.05, 0) is 13.3 Å². The second-order valence-electron chi connectivity index (χ2n) is 2.62. The van der Waals surface area contributed by atoms with Crippen molar-refractivity contribution in [2.45, 2.75) is 18.1 Å². The lowest BCUT2D eigenvalue weighted by atomic mass is 10.1. The van der Waals surface area contributed by atoms with Gasteiger partial charge in [0, 0.05) is 0 Å². The van der Waals surface area contributed by atoms with Crippen LogP contribution in [0.4, 0.5) is 0 Å². The Morgan fingerprint density at radius 2 is 2.00 bits per heavy atom. The molecule has 0 aromatic rings. The Balaban J connectivity index is 4.20. The molecule has 0 aliphatic rings. The largest absolute Gasteiger partial charge is 0.480 e. The van der Waals surface area contributed by atoms with Gasteiger partial charge in [-0.25, -0.2) is 0 Å². The first-order valence-corrected chi connectivity index (χ1v) is 5.12. The van der Waals surface area contributed by atoms with E-state index < -0.39 is 26.6 Å². The van der Waals surface area contributed by atoms with Crippen molar-refractivity contribution in [2.24, 2.45) is 0 Å². The smallest absolute Gasteiger partial charge is 0.319 e. The van der Waals surface area contributed by atoms with E-state index in [0.717, 1.165) is 0 Å². The molecular formula is C5H10O5S2. The average molecular weight is 214 g/mol. The van der Waals surface area contributed by atoms with E-state index in [1.165, 1.54) is 6.92 Å². The normalized spacial score (nSPS) is 16.9. The predicted octanol–water partition coefficient (Wildman–Crippen LogP) is 0.0374. The zero-order valence-electron chi connectivity index (χ0n) is 6.39. The first-order chi connectivity index (χ1) is 5.15. The maximum absolute atomic E-state index is 10.4. The molecule has 0 aromatic carbocycles. The molecule has 0 rings (SSSR count).